The highest BCUT2D eigenvalue weighted by molar-refractivity contribution is 5.85. The van der Waals surface area contributed by atoms with Gasteiger partial charge in [0.1, 0.15) is 6.61 Å². The predicted octanol–water partition coefficient (Wildman–Crippen LogP) is 3.61. The molecule has 188 valence electrons. The number of carbonyl (C=O) groups is 3. The summed E-state index contributed by atoms with van der Waals surface area (Å²) in [6, 6.07) is 15.8. The molecule has 35 heavy (non-hydrogen) atoms. The Hall–Kier alpha value is -3.39. The molecule has 1 atom stereocenters. The molecule has 1 aliphatic rings. The molecular weight excluding hydrogens is 444 g/mol. The minimum atomic E-state index is -0.640. The molecule has 0 saturated carbocycles. The number of ether oxygens (including phenoxy) is 1. The molecule has 8 heteroatoms. The maximum absolute atomic E-state index is 12.2. The summed E-state index contributed by atoms with van der Waals surface area (Å²) in [5.41, 5.74) is 15.3. The zero-order chi connectivity index (χ0) is 25.2. The molecule has 1 aliphatic carbocycles. The van der Waals surface area contributed by atoms with Gasteiger partial charge >= 0.3 is 6.09 Å². The van der Waals surface area contributed by atoms with Crippen molar-refractivity contribution < 1.29 is 19.1 Å². The molecule has 0 aromatic heterocycles. The fourth-order valence-corrected chi connectivity index (χ4v) is 4.33. The van der Waals surface area contributed by atoms with Crippen LogP contribution in [0.4, 0.5) is 4.79 Å². The minimum absolute atomic E-state index is 0.0343. The van der Waals surface area contributed by atoms with Gasteiger partial charge in [-0.25, -0.2) is 4.79 Å². The Morgan fingerprint density at radius 1 is 0.914 bits per heavy atom. The molecule has 0 unspecified atom stereocenters. The fourth-order valence-electron chi connectivity index (χ4n) is 4.33. The summed E-state index contributed by atoms with van der Waals surface area (Å²) in [6.45, 7) is 4.72. The van der Waals surface area contributed by atoms with Crippen LogP contribution in [-0.4, -0.2) is 37.1 Å². The zero-order valence-corrected chi connectivity index (χ0v) is 20.5. The van der Waals surface area contributed by atoms with Crippen LogP contribution in [0.3, 0.4) is 0 Å². The van der Waals surface area contributed by atoms with E-state index in [1.165, 1.54) is 22.3 Å². The molecule has 0 saturated heterocycles. The number of carbonyl (C=O) groups excluding carboxylic acids is 3. The second kappa shape index (κ2) is 12.9. The Morgan fingerprint density at radius 2 is 1.54 bits per heavy atom. The number of hydrogen-bond donors (Lipinski definition) is 4. The lowest BCUT2D eigenvalue weighted by atomic mass is 9.98. The molecule has 0 heterocycles. The van der Waals surface area contributed by atoms with Crippen LogP contribution < -0.4 is 21.9 Å². The number of alkyl carbamates (subject to hydrolysis) is 1. The Morgan fingerprint density at radius 3 is 2.17 bits per heavy atom. The van der Waals surface area contributed by atoms with Crippen LogP contribution in [0.2, 0.25) is 0 Å². The molecule has 3 amide bonds. The quantitative estimate of drug-likeness (QED) is 0.289. The first-order valence-corrected chi connectivity index (χ1v) is 12.3. The summed E-state index contributed by atoms with van der Waals surface area (Å²) >= 11 is 0. The number of amides is 3. The van der Waals surface area contributed by atoms with E-state index < -0.39 is 12.1 Å². The Bertz CT molecular complexity index is 978. The van der Waals surface area contributed by atoms with Crippen molar-refractivity contribution in [1.82, 2.24) is 16.2 Å². The first-order valence-electron chi connectivity index (χ1n) is 12.3. The van der Waals surface area contributed by atoms with E-state index in [1.807, 2.05) is 38.1 Å². The van der Waals surface area contributed by atoms with Gasteiger partial charge in [-0.1, -0.05) is 68.8 Å². The maximum Gasteiger partial charge on any atom is 0.407 e. The molecule has 0 fully saturated rings. The van der Waals surface area contributed by atoms with Crippen LogP contribution in [0.15, 0.2) is 48.5 Å². The molecule has 2 aromatic rings. The average molecular weight is 481 g/mol. The normalized spacial score (nSPS) is 13.0. The standard InChI is InChI=1S/C27H36N4O4/c1-18(2)16-24(28)26(33)31-30-25(32)14-4-3-9-15-29-27(34)35-17-23-21-12-7-5-10-19(21)20-11-6-8-13-22(20)23/h5-8,10-13,18,23-24H,3-4,9,14-17,28H2,1-2H3,(H,29,34)(H,30,32)(H,31,33)/t24-/m1/s1. The lowest BCUT2D eigenvalue weighted by Crippen LogP contribution is -2.49. The molecule has 5 N–H and O–H groups in total. The molecule has 0 bridgehead atoms. The topological polar surface area (TPSA) is 123 Å². The van der Waals surface area contributed by atoms with E-state index in [4.69, 9.17) is 10.5 Å². The number of nitrogens with one attached hydrogen (secondary N) is 3. The van der Waals surface area contributed by atoms with Gasteiger partial charge in [0.15, 0.2) is 0 Å². The number of fused-ring (bicyclic) bond motifs is 3. The lowest BCUT2D eigenvalue weighted by molar-refractivity contribution is -0.129. The summed E-state index contributed by atoms with van der Waals surface area (Å²) < 4.78 is 5.52. The van der Waals surface area contributed by atoms with Crippen molar-refractivity contribution in [3.05, 3.63) is 59.7 Å². The van der Waals surface area contributed by atoms with Crippen LogP contribution in [0.1, 0.15) is 63.0 Å². The van der Waals surface area contributed by atoms with Gasteiger partial charge in [-0.05, 0) is 47.4 Å². The van der Waals surface area contributed by atoms with E-state index >= 15 is 0 Å². The fraction of sp³-hybridized carbons (Fsp3) is 0.444. The molecular formula is C27H36N4O4. The molecule has 2 aromatic carbocycles. The Kier molecular flexibility index (Phi) is 9.66. The van der Waals surface area contributed by atoms with E-state index in [1.54, 1.807) is 0 Å². The first kappa shape index (κ1) is 26.2. The van der Waals surface area contributed by atoms with Crippen LogP contribution >= 0.6 is 0 Å². The molecule has 8 nitrogen and oxygen atoms in total. The highest BCUT2D eigenvalue weighted by Gasteiger charge is 2.28. The van der Waals surface area contributed by atoms with Gasteiger partial charge in [-0.2, -0.15) is 0 Å². The third kappa shape index (κ3) is 7.55. The SMILES string of the molecule is CC(C)C[C@@H](N)C(=O)NNC(=O)CCCCCNC(=O)OCC1c2ccccc2-c2ccccc21. The number of rotatable bonds is 11. The number of hydrazine groups is 1. The summed E-state index contributed by atoms with van der Waals surface area (Å²) in [6.07, 6.45) is 2.53. The smallest absolute Gasteiger partial charge is 0.407 e. The van der Waals surface area contributed by atoms with Crippen molar-refractivity contribution in [2.45, 2.75) is 57.9 Å². The zero-order valence-electron chi connectivity index (χ0n) is 20.5. The molecule has 3 rings (SSSR count). The summed E-state index contributed by atoms with van der Waals surface area (Å²) in [5, 5.41) is 2.78. The van der Waals surface area contributed by atoms with E-state index in [9.17, 15) is 14.4 Å². The number of unbranched alkanes of at least 4 members (excludes halogenated alkanes) is 2. The van der Waals surface area contributed by atoms with Gasteiger partial charge in [0.25, 0.3) is 5.91 Å². The minimum Gasteiger partial charge on any atom is -0.449 e. The monoisotopic (exact) mass is 480 g/mol. The van der Waals surface area contributed by atoms with Crippen molar-refractivity contribution >= 4 is 17.9 Å². The van der Waals surface area contributed by atoms with Crippen molar-refractivity contribution in [2.24, 2.45) is 11.7 Å². The Labute approximate surface area is 207 Å². The highest BCUT2D eigenvalue weighted by Crippen LogP contribution is 2.44. The third-order valence-electron chi connectivity index (χ3n) is 6.08. The van der Waals surface area contributed by atoms with Gasteiger partial charge in [-0.15, -0.1) is 0 Å². The van der Waals surface area contributed by atoms with Crippen LogP contribution in [0, 0.1) is 5.92 Å². The van der Waals surface area contributed by atoms with Crippen molar-refractivity contribution in [3.63, 3.8) is 0 Å². The molecule has 0 radical (unpaired) electrons. The van der Waals surface area contributed by atoms with E-state index in [0.29, 0.717) is 25.3 Å². The summed E-state index contributed by atoms with van der Waals surface area (Å²) in [5.74, 6) is -0.320. The highest BCUT2D eigenvalue weighted by atomic mass is 16.5. The molecule has 0 aliphatic heterocycles. The van der Waals surface area contributed by atoms with Crippen LogP contribution in [0.5, 0.6) is 0 Å². The van der Waals surface area contributed by atoms with Gasteiger partial charge in [0.05, 0.1) is 6.04 Å². The average Bonchev–Trinajstić information content (AvgIpc) is 3.16. The van der Waals surface area contributed by atoms with E-state index in [-0.39, 0.29) is 30.8 Å². The largest absolute Gasteiger partial charge is 0.449 e. The first-order chi connectivity index (χ1) is 16.9. The second-order valence-electron chi connectivity index (χ2n) is 9.34. The third-order valence-corrected chi connectivity index (χ3v) is 6.08. The lowest BCUT2D eigenvalue weighted by Gasteiger charge is -2.15. The van der Waals surface area contributed by atoms with Gasteiger partial charge in [0.2, 0.25) is 5.91 Å². The van der Waals surface area contributed by atoms with E-state index in [0.717, 1.165) is 12.8 Å². The van der Waals surface area contributed by atoms with E-state index in [2.05, 4.69) is 40.4 Å². The van der Waals surface area contributed by atoms with Gasteiger partial charge in [0, 0.05) is 18.9 Å². The van der Waals surface area contributed by atoms with Crippen molar-refractivity contribution in [2.75, 3.05) is 13.2 Å². The number of benzene rings is 2. The Balaban J connectivity index is 1.28. The second-order valence-corrected chi connectivity index (χ2v) is 9.34. The molecule has 0 spiro atoms. The number of nitrogens with two attached hydrogens (primary N) is 1. The predicted molar refractivity (Wildman–Crippen MR) is 135 cm³/mol. The number of hydrogen-bond acceptors (Lipinski definition) is 5. The summed E-state index contributed by atoms with van der Waals surface area (Å²) in [7, 11) is 0. The van der Waals surface area contributed by atoms with Crippen molar-refractivity contribution in [1.29, 1.82) is 0 Å². The summed E-state index contributed by atoms with van der Waals surface area (Å²) in [4.78, 5) is 35.9. The maximum atomic E-state index is 12.2. The van der Waals surface area contributed by atoms with Gasteiger partial charge in [-0.3, -0.25) is 20.4 Å². The van der Waals surface area contributed by atoms with Gasteiger partial charge < -0.3 is 15.8 Å². The van der Waals surface area contributed by atoms with Crippen LogP contribution in [-0.2, 0) is 14.3 Å². The van der Waals surface area contributed by atoms with Crippen molar-refractivity contribution in [3.8, 4) is 11.1 Å². The van der Waals surface area contributed by atoms with Crippen LogP contribution in [0.25, 0.3) is 11.1 Å².